The molecule has 108 valence electrons. The van der Waals surface area contributed by atoms with Gasteiger partial charge in [-0.15, -0.1) is 0 Å². The van der Waals surface area contributed by atoms with Gasteiger partial charge >= 0.3 is 12.0 Å². The normalized spacial score (nSPS) is 15.4. The van der Waals surface area contributed by atoms with Gasteiger partial charge in [-0.05, 0) is 19.3 Å². The molecule has 0 saturated heterocycles. The van der Waals surface area contributed by atoms with Crippen LogP contribution in [0.5, 0.6) is 0 Å². The Labute approximate surface area is 112 Å². The second-order valence-electron chi connectivity index (χ2n) is 4.70. The van der Waals surface area contributed by atoms with Crippen molar-refractivity contribution in [3.8, 4) is 0 Å². The van der Waals surface area contributed by atoms with Crippen LogP contribution >= 0.6 is 0 Å². The number of hydrogen-bond acceptors (Lipinski definition) is 3. The lowest BCUT2D eigenvalue weighted by atomic mass is 10.1. The minimum Gasteiger partial charge on any atom is -0.480 e. The molecule has 3 amide bonds. The number of carboxylic acids is 1. The first-order valence-corrected chi connectivity index (χ1v) is 6.59. The van der Waals surface area contributed by atoms with Crippen LogP contribution in [0.3, 0.4) is 0 Å². The SMILES string of the molecule is CCCCC(NC(=O)NCC(=O)NC1CC1)C(=O)O. The highest BCUT2D eigenvalue weighted by Crippen LogP contribution is 2.18. The molecule has 1 aliphatic carbocycles. The number of unbranched alkanes of at least 4 members (excludes halogenated alkanes) is 1. The summed E-state index contributed by atoms with van der Waals surface area (Å²) in [7, 11) is 0. The third-order valence-electron chi connectivity index (χ3n) is 2.80. The standard InChI is InChI=1S/C12H21N3O4/c1-2-3-4-9(11(17)18)15-12(19)13-7-10(16)14-8-5-6-8/h8-9H,2-7H2,1H3,(H,14,16)(H,17,18)(H2,13,15,19). The molecule has 1 aliphatic rings. The van der Waals surface area contributed by atoms with E-state index < -0.39 is 18.0 Å². The zero-order valence-corrected chi connectivity index (χ0v) is 11.1. The Morgan fingerprint density at radius 3 is 2.53 bits per heavy atom. The average Bonchev–Trinajstić information content (AvgIpc) is 3.15. The summed E-state index contributed by atoms with van der Waals surface area (Å²) in [6.45, 7) is 1.81. The van der Waals surface area contributed by atoms with Gasteiger partial charge in [0.25, 0.3) is 0 Å². The number of hydrogen-bond donors (Lipinski definition) is 4. The van der Waals surface area contributed by atoms with Crippen LogP contribution in [-0.4, -0.2) is 41.6 Å². The fourth-order valence-corrected chi connectivity index (χ4v) is 1.54. The minimum absolute atomic E-state index is 0.136. The molecule has 0 aliphatic heterocycles. The van der Waals surface area contributed by atoms with E-state index in [0.29, 0.717) is 6.42 Å². The number of rotatable bonds is 8. The van der Waals surface area contributed by atoms with Crippen LogP contribution in [0.1, 0.15) is 39.0 Å². The van der Waals surface area contributed by atoms with Gasteiger partial charge in [0.1, 0.15) is 6.04 Å². The highest BCUT2D eigenvalue weighted by Gasteiger charge is 2.23. The first kappa shape index (κ1) is 15.3. The van der Waals surface area contributed by atoms with Crippen molar-refractivity contribution < 1.29 is 19.5 Å². The second kappa shape index (κ2) is 7.60. The summed E-state index contributed by atoms with van der Waals surface area (Å²) in [5.41, 5.74) is 0. The van der Waals surface area contributed by atoms with E-state index in [1.165, 1.54) is 0 Å². The number of urea groups is 1. The van der Waals surface area contributed by atoms with Crippen molar-refractivity contribution in [3.63, 3.8) is 0 Å². The van der Waals surface area contributed by atoms with E-state index in [9.17, 15) is 14.4 Å². The average molecular weight is 271 g/mol. The molecule has 0 spiro atoms. The number of nitrogens with one attached hydrogen (secondary N) is 3. The monoisotopic (exact) mass is 271 g/mol. The molecule has 1 unspecified atom stereocenters. The number of carboxylic acid groups (broad SMARTS) is 1. The zero-order valence-electron chi connectivity index (χ0n) is 11.1. The fourth-order valence-electron chi connectivity index (χ4n) is 1.54. The van der Waals surface area contributed by atoms with Crippen LogP contribution in [0, 0.1) is 0 Å². The molecule has 1 saturated carbocycles. The highest BCUT2D eigenvalue weighted by molar-refractivity contribution is 5.86. The lowest BCUT2D eigenvalue weighted by Crippen LogP contribution is -2.48. The van der Waals surface area contributed by atoms with Crippen molar-refractivity contribution in [2.45, 2.75) is 51.1 Å². The van der Waals surface area contributed by atoms with E-state index in [-0.39, 0.29) is 18.5 Å². The maximum absolute atomic E-state index is 11.5. The Hall–Kier alpha value is -1.79. The van der Waals surface area contributed by atoms with Crippen molar-refractivity contribution in [1.82, 2.24) is 16.0 Å². The second-order valence-corrected chi connectivity index (χ2v) is 4.70. The summed E-state index contributed by atoms with van der Waals surface area (Å²) in [4.78, 5) is 33.7. The van der Waals surface area contributed by atoms with E-state index in [4.69, 9.17) is 5.11 Å². The molecule has 0 bridgehead atoms. The Morgan fingerprint density at radius 1 is 1.32 bits per heavy atom. The molecular formula is C12H21N3O4. The van der Waals surface area contributed by atoms with Crippen LogP contribution in [0.2, 0.25) is 0 Å². The maximum atomic E-state index is 11.5. The van der Waals surface area contributed by atoms with Crippen LogP contribution in [0.15, 0.2) is 0 Å². The van der Waals surface area contributed by atoms with E-state index in [1.807, 2.05) is 6.92 Å². The van der Waals surface area contributed by atoms with Crippen molar-refractivity contribution in [1.29, 1.82) is 0 Å². The molecular weight excluding hydrogens is 250 g/mol. The van der Waals surface area contributed by atoms with Gasteiger partial charge in [-0.3, -0.25) is 4.79 Å². The van der Waals surface area contributed by atoms with Gasteiger partial charge in [-0.25, -0.2) is 9.59 Å². The van der Waals surface area contributed by atoms with Gasteiger partial charge in [0.15, 0.2) is 0 Å². The molecule has 1 atom stereocenters. The van der Waals surface area contributed by atoms with Crippen LogP contribution in [0.25, 0.3) is 0 Å². The lowest BCUT2D eigenvalue weighted by molar-refractivity contribution is -0.139. The molecule has 19 heavy (non-hydrogen) atoms. The minimum atomic E-state index is -1.06. The smallest absolute Gasteiger partial charge is 0.326 e. The fraction of sp³-hybridized carbons (Fsp3) is 0.750. The molecule has 1 rings (SSSR count). The molecule has 0 aromatic rings. The molecule has 0 heterocycles. The molecule has 7 nitrogen and oxygen atoms in total. The number of carbonyl (C=O) groups is 3. The Balaban J connectivity index is 2.22. The van der Waals surface area contributed by atoms with Crippen molar-refractivity contribution in [3.05, 3.63) is 0 Å². The summed E-state index contributed by atoms with van der Waals surface area (Å²) >= 11 is 0. The van der Waals surface area contributed by atoms with Gasteiger partial charge in [0.2, 0.25) is 5.91 Å². The van der Waals surface area contributed by atoms with Gasteiger partial charge in [-0.1, -0.05) is 19.8 Å². The van der Waals surface area contributed by atoms with Crippen LogP contribution in [0.4, 0.5) is 4.79 Å². The third-order valence-corrected chi connectivity index (χ3v) is 2.80. The summed E-state index contributed by atoms with van der Waals surface area (Å²) in [5, 5.41) is 16.4. The summed E-state index contributed by atoms with van der Waals surface area (Å²) in [6, 6.07) is -1.30. The summed E-state index contributed by atoms with van der Waals surface area (Å²) in [5.74, 6) is -1.32. The Kier molecular flexibility index (Phi) is 6.11. The van der Waals surface area contributed by atoms with Crippen LogP contribution in [-0.2, 0) is 9.59 Å². The predicted molar refractivity (Wildman–Crippen MR) is 68.6 cm³/mol. The number of aliphatic carboxylic acids is 1. The molecule has 0 radical (unpaired) electrons. The van der Waals surface area contributed by atoms with Gasteiger partial charge < -0.3 is 21.1 Å². The largest absolute Gasteiger partial charge is 0.480 e. The van der Waals surface area contributed by atoms with Gasteiger partial charge in [0.05, 0.1) is 6.54 Å². The van der Waals surface area contributed by atoms with Crippen molar-refractivity contribution in [2.75, 3.05) is 6.54 Å². The maximum Gasteiger partial charge on any atom is 0.326 e. The third kappa shape index (κ3) is 6.64. The Morgan fingerprint density at radius 2 is 2.00 bits per heavy atom. The molecule has 1 fully saturated rings. The van der Waals surface area contributed by atoms with E-state index in [1.54, 1.807) is 0 Å². The summed E-state index contributed by atoms with van der Waals surface area (Å²) in [6.07, 6.45) is 3.93. The van der Waals surface area contributed by atoms with E-state index in [0.717, 1.165) is 25.7 Å². The number of carbonyl (C=O) groups excluding carboxylic acids is 2. The Bertz CT molecular complexity index is 342. The predicted octanol–water partition coefficient (Wildman–Crippen LogP) is 0.208. The molecule has 7 heteroatoms. The lowest BCUT2D eigenvalue weighted by Gasteiger charge is -2.14. The highest BCUT2D eigenvalue weighted by atomic mass is 16.4. The summed E-state index contributed by atoms with van der Waals surface area (Å²) < 4.78 is 0. The topological polar surface area (TPSA) is 108 Å². The zero-order chi connectivity index (χ0) is 14.3. The van der Waals surface area contributed by atoms with Crippen molar-refractivity contribution in [2.24, 2.45) is 0 Å². The first-order valence-electron chi connectivity index (χ1n) is 6.59. The first-order chi connectivity index (χ1) is 9.02. The molecule has 0 aromatic heterocycles. The quantitative estimate of drug-likeness (QED) is 0.506. The van der Waals surface area contributed by atoms with Gasteiger partial charge in [-0.2, -0.15) is 0 Å². The van der Waals surface area contributed by atoms with E-state index in [2.05, 4.69) is 16.0 Å². The van der Waals surface area contributed by atoms with Gasteiger partial charge in [0, 0.05) is 6.04 Å². The molecule has 4 N–H and O–H groups in total. The van der Waals surface area contributed by atoms with E-state index >= 15 is 0 Å². The van der Waals surface area contributed by atoms with Crippen molar-refractivity contribution >= 4 is 17.9 Å². The molecule has 0 aromatic carbocycles. The number of amides is 3. The van der Waals surface area contributed by atoms with Crippen LogP contribution < -0.4 is 16.0 Å².